The highest BCUT2D eigenvalue weighted by atomic mass is 32.2. The zero-order valence-corrected chi connectivity index (χ0v) is 18.0. The van der Waals surface area contributed by atoms with Crippen LogP contribution in [0.2, 0.25) is 0 Å². The fraction of sp³-hybridized carbons (Fsp3) is 0.632. The van der Waals surface area contributed by atoms with E-state index in [1.165, 1.54) is 30.7 Å². The molecule has 1 aliphatic heterocycles. The molecule has 1 aromatic carbocycles. The fourth-order valence-corrected chi connectivity index (χ4v) is 4.52. The summed E-state index contributed by atoms with van der Waals surface area (Å²) in [5.41, 5.74) is 0. The highest BCUT2D eigenvalue weighted by Crippen LogP contribution is 2.30. The number of sulfonamides is 1. The van der Waals surface area contributed by atoms with E-state index in [4.69, 9.17) is 9.47 Å². The van der Waals surface area contributed by atoms with E-state index in [0.717, 1.165) is 19.4 Å². The van der Waals surface area contributed by atoms with Crippen molar-refractivity contribution in [3.8, 4) is 11.5 Å². The van der Waals surface area contributed by atoms with Crippen LogP contribution >= 0.6 is 0 Å². The predicted octanol–water partition coefficient (Wildman–Crippen LogP) is 1.27. The number of piperazine rings is 1. The van der Waals surface area contributed by atoms with Gasteiger partial charge in [-0.05, 0) is 18.6 Å². The van der Waals surface area contributed by atoms with Gasteiger partial charge in [0, 0.05) is 45.8 Å². The molecule has 0 aliphatic carbocycles. The van der Waals surface area contributed by atoms with Crippen LogP contribution in [0.3, 0.4) is 0 Å². The number of nitrogens with zero attached hydrogens (tertiary/aromatic N) is 3. The van der Waals surface area contributed by atoms with Crippen molar-refractivity contribution in [3.05, 3.63) is 18.2 Å². The SMILES string of the molecule is CCCCN(C)C(=O)CN1CCN(S(=O)(=O)c2ccc(OC)c(OC)c2)CC1. The maximum atomic E-state index is 12.9. The highest BCUT2D eigenvalue weighted by Gasteiger charge is 2.30. The number of likely N-dealkylation sites (N-methyl/N-ethyl adjacent to an activating group) is 1. The van der Waals surface area contributed by atoms with Crippen molar-refractivity contribution in [3.63, 3.8) is 0 Å². The van der Waals surface area contributed by atoms with Crippen molar-refractivity contribution >= 4 is 15.9 Å². The molecule has 1 aromatic rings. The van der Waals surface area contributed by atoms with Gasteiger partial charge in [0.05, 0.1) is 25.7 Å². The number of carbonyl (C=O) groups is 1. The average Bonchev–Trinajstić information content (AvgIpc) is 2.71. The first kappa shape index (κ1) is 22.4. The lowest BCUT2D eigenvalue weighted by atomic mass is 10.3. The van der Waals surface area contributed by atoms with Gasteiger partial charge in [0.1, 0.15) is 0 Å². The Balaban J connectivity index is 1.97. The number of amides is 1. The molecule has 0 spiro atoms. The Bertz CT molecular complexity index is 761. The summed E-state index contributed by atoms with van der Waals surface area (Å²) in [6.07, 6.45) is 2.03. The van der Waals surface area contributed by atoms with Crippen LogP contribution in [0, 0.1) is 0 Å². The first-order chi connectivity index (χ1) is 13.3. The molecular weight excluding hydrogens is 382 g/mol. The van der Waals surface area contributed by atoms with Crippen LogP contribution in [0.4, 0.5) is 0 Å². The van der Waals surface area contributed by atoms with E-state index in [0.29, 0.717) is 44.2 Å². The molecule has 1 saturated heterocycles. The number of methoxy groups -OCH3 is 2. The molecule has 1 amide bonds. The van der Waals surface area contributed by atoms with E-state index in [2.05, 4.69) is 6.92 Å². The van der Waals surface area contributed by atoms with Crippen molar-refractivity contribution in [2.45, 2.75) is 24.7 Å². The van der Waals surface area contributed by atoms with E-state index in [1.54, 1.807) is 11.0 Å². The van der Waals surface area contributed by atoms with Crippen LogP contribution in [0.5, 0.6) is 11.5 Å². The third-order valence-corrected chi connectivity index (χ3v) is 6.85. The van der Waals surface area contributed by atoms with Gasteiger partial charge in [0.2, 0.25) is 15.9 Å². The molecule has 8 nitrogen and oxygen atoms in total. The van der Waals surface area contributed by atoms with Gasteiger partial charge >= 0.3 is 0 Å². The summed E-state index contributed by atoms with van der Waals surface area (Å²) in [4.78, 5) is 16.2. The smallest absolute Gasteiger partial charge is 0.243 e. The second kappa shape index (κ2) is 10.1. The van der Waals surface area contributed by atoms with Crippen LogP contribution < -0.4 is 9.47 Å². The van der Waals surface area contributed by atoms with Gasteiger partial charge in [0.25, 0.3) is 0 Å². The molecule has 0 saturated carbocycles. The lowest BCUT2D eigenvalue weighted by Crippen LogP contribution is -2.51. The number of unbranched alkanes of at least 4 members (excludes halogenated alkanes) is 1. The standard InChI is InChI=1S/C19H31N3O5S/c1-5-6-9-20(2)19(23)15-21-10-12-22(13-11-21)28(24,25)16-7-8-17(26-3)18(14-16)27-4/h7-8,14H,5-6,9-13,15H2,1-4H3. The number of carbonyl (C=O) groups excluding carboxylic acids is 1. The Morgan fingerprint density at radius 2 is 1.75 bits per heavy atom. The predicted molar refractivity (Wildman–Crippen MR) is 107 cm³/mol. The van der Waals surface area contributed by atoms with Gasteiger partial charge in [-0.3, -0.25) is 9.69 Å². The zero-order valence-electron chi connectivity index (χ0n) is 17.2. The van der Waals surface area contributed by atoms with Crippen molar-refractivity contribution < 1.29 is 22.7 Å². The summed E-state index contributed by atoms with van der Waals surface area (Å²) in [6.45, 7) is 4.93. The van der Waals surface area contributed by atoms with Gasteiger partial charge < -0.3 is 14.4 Å². The van der Waals surface area contributed by atoms with Crippen LogP contribution in [0.25, 0.3) is 0 Å². The second-order valence-electron chi connectivity index (χ2n) is 6.87. The Kier molecular flexibility index (Phi) is 8.09. The van der Waals surface area contributed by atoms with E-state index in [9.17, 15) is 13.2 Å². The fourth-order valence-electron chi connectivity index (χ4n) is 3.09. The maximum absolute atomic E-state index is 12.9. The third-order valence-electron chi connectivity index (χ3n) is 4.96. The molecule has 1 aliphatic rings. The van der Waals surface area contributed by atoms with Crippen molar-refractivity contribution in [1.29, 1.82) is 0 Å². The summed E-state index contributed by atoms with van der Waals surface area (Å²) in [5.74, 6) is 0.935. The Labute approximate surface area is 168 Å². The molecule has 0 aromatic heterocycles. The van der Waals surface area contributed by atoms with Crippen molar-refractivity contribution in [2.24, 2.45) is 0 Å². The molecule has 0 atom stereocenters. The summed E-state index contributed by atoms with van der Waals surface area (Å²) in [7, 11) is 1.17. The summed E-state index contributed by atoms with van der Waals surface area (Å²) in [6, 6.07) is 4.59. The number of ether oxygens (including phenoxy) is 2. The van der Waals surface area contributed by atoms with Crippen LogP contribution in [-0.4, -0.2) is 89.0 Å². The minimum Gasteiger partial charge on any atom is -0.493 e. The van der Waals surface area contributed by atoms with Crippen LogP contribution in [0.1, 0.15) is 19.8 Å². The molecule has 0 unspecified atom stereocenters. The third kappa shape index (κ3) is 5.36. The minimum atomic E-state index is -3.62. The first-order valence-electron chi connectivity index (χ1n) is 9.52. The van der Waals surface area contributed by atoms with Crippen LogP contribution in [-0.2, 0) is 14.8 Å². The lowest BCUT2D eigenvalue weighted by molar-refractivity contribution is -0.131. The Hall–Kier alpha value is -1.84. The highest BCUT2D eigenvalue weighted by molar-refractivity contribution is 7.89. The van der Waals surface area contributed by atoms with Crippen LogP contribution in [0.15, 0.2) is 23.1 Å². The van der Waals surface area contributed by atoms with Gasteiger partial charge in [0.15, 0.2) is 11.5 Å². The molecule has 158 valence electrons. The van der Waals surface area contributed by atoms with E-state index >= 15 is 0 Å². The molecular formula is C19H31N3O5S. The summed E-state index contributed by atoms with van der Waals surface area (Å²) < 4.78 is 37.7. The second-order valence-corrected chi connectivity index (χ2v) is 8.80. The van der Waals surface area contributed by atoms with E-state index in [-0.39, 0.29) is 10.8 Å². The average molecular weight is 414 g/mol. The molecule has 28 heavy (non-hydrogen) atoms. The lowest BCUT2D eigenvalue weighted by Gasteiger charge is -2.34. The number of rotatable bonds is 9. The molecule has 0 radical (unpaired) electrons. The quantitative estimate of drug-likeness (QED) is 0.607. The molecule has 1 heterocycles. The molecule has 0 N–H and O–H groups in total. The largest absolute Gasteiger partial charge is 0.493 e. The van der Waals surface area contributed by atoms with E-state index in [1.807, 2.05) is 11.9 Å². The molecule has 9 heteroatoms. The summed E-state index contributed by atoms with van der Waals surface area (Å²) >= 11 is 0. The van der Waals surface area contributed by atoms with Gasteiger partial charge in [-0.25, -0.2) is 8.42 Å². The number of hydrogen-bond donors (Lipinski definition) is 0. The van der Waals surface area contributed by atoms with Crippen molar-refractivity contribution in [1.82, 2.24) is 14.1 Å². The van der Waals surface area contributed by atoms with Gasteiger partial charge in [-0.15, -0.1) is 0 Å². The number of benzene rings is 1. The first-order valence-corrected chi connectivity index (χ1v) is 11.0. The van der Waals surface area contributed by atoms with Gasteiger partial charge in [-0.2, -0.15) is 4.31 Å². The maximum Gasteiger partial charge on any atom is 0.243 e. The van der Waals surface area contributed by atoms with Gasteiger partial charge in [-0.1, -0.05) is 13.3 Å². The molecule has 2 rings (SSSR count). The minimum absolute atomic E-state index is 0.0737. The molecule has 1 fully saturated rings. The van der Waals surface area contributed by atoms with Crippen molar-refractivity contribution in [2.75, 3.05) is 60.5 Å². The Morgan fingerprint density at radius 1 is 1.11 bits per heavy atom. The zero-order chi connectivity index (χ0) is 20.7. The summed E-state index contributed by atoms with van der Waals surface area (Å²) in [5, 5.41) is 0. The topological polar surface area (TPSA) is 79.4 Å². The monoisotopic (exact) mass is 413 g/mol. The van der Waals surface area contributed by atoms with E-state index < -0.39 is 10.0 Å². The Morgan fingerprint density at radius 3 is 2.32 bits per heavy atom. The normalized spacial score (nSPS) is 16.0. The number of hydrogen-bond acceptors (Lipinski definition) is 6. The molecule has 0 bridgehead atoms.